The highest BCUT2D eigenvalue weighted by molar-refractivity contribution is 14.1. The van der Waals surface area contributed by atoms with Crippen molar-refractivity contribution in [3.8, 4) is 5.75 Å². The summed E-state index contributed by atoms with van der Waals surface area (Å²) in [5, 5.41) is 10.7. The number of nitrogens with zero attached hydrogens (tertiary/aromatic N) is 2. The first-order valence-corrected chi connectivity index (χ1v) is 9.76. The number of benzene rings is 2. The highest BCUT2D eigenvalue weighted by Crippen LogP contribution is 2.31. The zero-order chi connectivity index (χ0) is 17.0. The van der Waals surface area contributed by atoms with Crippen molar-refractivity contribution in [2.45, 2.75) is 13.8 Å². The van der Waals surface area contributed by atoms with Gasteiger partial charge in [-0.3, -0.25) is 4.99 Å². The molecule has 0 amide bonds. The Morgan fingerprint density at radius 1 is 1.17 bits per heavy atom. The summed E-state index contributed by atoms with van der Waals surface area (Å²) in [4.78, 5) is 6.66. The molecular weight excluding hydrogens is 537 g/mol. The minimum absolute atomic E-state index is 0.241. The van der Waals surface area contributed by atoms with Gasteiger partial charge in [-0.25, -0.2) is 0 Å². The molecule has 122 valence electrons. The normalized spacial score (nSPS) is 11.2. The smallest absolute Gasteiger partial charge is 0.137 e. The van der Waals surface area contributed by atoms with Crippen LogP contribution in [0.4, 0.5) is 11.4 Å². The van der Waals surface area contributed by atoms with Crippen molar-refractivity contribution in [3.05, 3.63) is 48.1 Å². The van der Waals surface area contributed by atoms with Crippen molar-refractivity contribution < 1.29 is 5.11 Å². The number of anilines is 1. The van der Waals surface area contributed by atoms with E-state index in [1.807, 2.05) is 30.3 Å². The van der Waals surface area contributed by atoms with E-state index in [2.05, 4.69) is 68.9 Å². The quantitative estimate of drug-likeness (QED) is 0.372. The fourth-order valence-electron chi connectivity index (χ4n) is 2.21. The van der Waals surface area contributed by atoms with Gasteiger partial charge >= 0.3 is 0 Å². The SMILES string of the molecule is CCN(CC)c1ccc(N=Cc2cc(I)cc(I)c2O)c(Cl)c1. The van der Waals surface area contributed by atoms with E-state index in [1.165, 1.54) is 0 Å². The van der Waals surface area contributed by atoms with E-state index in [-0.39, 0.29) is 5.75 Å². The summed E-state index contributed by atoms with van der Waals surface area (Å²) in [6.07, 6.45) is 1.65. The van der Waals surface area contributed by atoms with Crippen molar-refractivity contribution >= 4 is 74.4 Å². The van der Waals surface area contributed by atoms with E-state index in [1.54, 1.807) is 6.21 Å². The van der Waals surface area contributed by atoms with Crippen LogP contribution < -0.4 is 4.90 Å². The first-order chi connectivity index (χ1) is 11.0. The second-order valence-corrected chi connectivity index (χ2v) is 7.71. The highest BCUT2D eigenvalue weighted by atomic mass is 127. The van der Waals surface area contributed by atoms with E-state index in [0.717, 1.165) is 25.9 Å². The first-order valence-electron chi connectivity index (χ1n) is 7.22. The third kappa shape index (κ3) is 4.73. The molecule has 0 spiro atoms. The van der Waals surface area contributed by atoms with Gasteiger partial charge in [-0.2, -0.15) is 0 Å². The summed E-state index contributed by atoms with van der Waals surface area (Å²) in [5.74, 6) is 0.241. The third-order valence-electron chi connectivity index (χ3n) is 3.46. The maximum Gasteiger partial charge on any atom is 0.137 e. The minimum atomic E-state index is 0.241. The molecule has 0 heterocycles. The molecule has 0 saturated heterocycles. The molecule has 0 radical (unpaired) electrons. The molecule has 2 aromatic carbocycles. The number of rotatable bonds is 5. The highest BCUT2D eigenvalue weighted by Gasteiger charge is 2.07. The molecule has 2 rings (SSSR count). The van der Waals surface area contributed by atoms with Crippen LogP contribution in [0.15, 0.2) is 35.3 Å². The van der Waals surface area contributed by atoms with Crippen molar-refractivity contribution in [2.24, 2.45) is 4.99 Å². The van der Waals surface area contributed by atoms with Gasteiger partial charge in [-0.15, -0.1) is 0 Å². The van der Waals surface area contributed by atoms with Gasteiger partial charge in [0.15, 0.2) is 0 Å². The predicted molar refractivity (Wildman–Crippen MR) is 116 cm³/mol. The van der Waals surface area contributed by atoms with E-state index < -0.39 is 0 Å². The van der Waals surface area contributed by atoms with E-state index in [4.69, 9.17) is 11.6 Å². The van der Waals surface area contributed by atoms with Gasteiger partial charge in [-0.1, -0.05) is 11.6 Å². The lowest BCUT2D eigenvalue weighted by Gasteiger charge is -2.21. The summed E-state index contributed by atoms with van der Waals surface area (Å²) < 4.78 is 1.85. The Labute approximate surface area is 169 Å². The molecule has 0 aromatic heterocycles. The lowest BCUT2D eigenvalue weighted by Crippen LogP contribution is -2.21. The maximum absolute atomic E-state index is 10.1. The monoisotopic (exact) mass is 554 g/mol. The Morgan fingerprint density at radius 3 is 2.48 bits per heavy atom. The Morgan fingerprint density at radius 2 is 1.87 bits per heavy atom. The summed E-state index contributed by atoms with van der Waals surface area (Å²) in [7, 11) is 0. The van der Waals surface area contributed by atoms with Gasteiger partial charge in [-0.05, 0) is 89.4 Å². The molecule has 6 heteroatoms. The Bertz CT molecular complexity index is 731. The predicted octanol–water partition coefficient (Wildman–Crippen LogP) is 5.85. The fraction of sp³-hybridized carbons (Fsp3) is 0.235. The lowest BCUT2D eigenvalue weighted by molar-refractivity contribution is 0.470. The van der Waals surface area contributed by atoms with Crippen LogP contribution in [-0.4, -0.2) is 24.4 Å². The molecule has 0 unspecified atom stereocenters. The zero-order valence-corrected chi connectivity index (χ0v) is 17.9. The summed E-state index contributed by atoms with van der Waals surface area (Å²) in [5.41, 5.74) is 2.46. The van der Waals surface area contributed by atoms with Gasteiger partial charge in [0.1, 0.15) is 5.75 Å². The largest absolute Gasteiger partial charge is 0.506 e. The number of halogens is 3. The van der Waals surface area contributed by atoms with Crippen LogP contribution in [0, 0.1) is 7.14 Å². The van der Waals surface area contributed by atoms with Crippen molar-refractivity contribution in [2.75, 3.05) is 18.0 Å². The molecular formula is C17H17ClI2N2O. The standard InChI is InChI=1S/C17H17ClI2N2O/c1-3-22(4-2)13-5-6-16(14(18)9-13)21-10-11-7-12(19)8-15(20)17(11)23/h5-10,23H,3-4H2,1-2H3. The second-order valence-electron chi connectivity index (χ2n) is 4.89. The number of hydrogen-bond acceptors (Lipinski definition) is 3. The Kier molecular flexibility index (Phi) is 6.97. The third-order valence-corrected chi connectivity index (χ3v) is 5.21. The zero-order valence-electron chi connectivity index (χ0n) is 12.9. The van der Waals surface area contributed by atoms with E-state index in [0.29, 0.717) is 16.3 Å². The molecule has 0 saturated carbocycles. The average molecular weight is 555 g/mol. The molecule has 0 aliphatic rings. The van der Waals surface area contributed by atoms with Crippen LogP contribution in [-0.2, 0) is 0 Å². The number of phenols is 1. The van der Waals surface area contributed by atoms with Crippen LogP contribution >= 0.6 is 56.8 Å². The molecule has 1 N–H and O–H groups in total. The number of hydrogen-bond donors (Lipinski definition) is 1. The summed E-state index contributed by atoms with van der Waals surface area (Å²) in [6.45, 7) is 6.10. The Balaban J connectivity index is 2.30. The van der Waals surface area contributed by atoms with Crippen molar-refractivity contribution in [1.82, 2.24) is 0 Å². The van der Waals surface area contributed by atoms with Gasteiger partial charge in [0.05, 0.1) is 14.3 Å². The van der Waals surface area contributed by atoms with Gasteiger partial charge in [0, 0.05) is 34.1 Å². The maximum atomic E-state index is 10.1. The molecule has 2 aromatic rings. The molecule has 0 fully saturated rings. The van der Waals surface area contributed by atoms with Gasteiger partial charge in [0.25, 0.3) is 0 Å². The van der Waals surface area contributed by atoms with Gasteiger partial charge < -0.3 is 10.0 Å². The van der Waals surface area contributed by atoms with E-state index >= 15 is 0 Å². The van der Waals surface area contributed by atoms with Crippen LogP contribution in [0.3, 0.4) is 0 Å². The van der Waals surface area contributed by atoms with E-state index in [9.17, 15) is 5.11 Å². The van der Waals surface area contributed by atoms with Gasteiger partial charge in [0.2, 0.25) is 0 Å². The van der Waals surface area contributed by atoms with Crippen LogP contribution in [0.2, 0.25) is 5.02 Å². The molecule has 0 aliphatic heterocycles. The number of aliphatic imine (C=N–C) groups is 1. The molecule has 3 nitrogen and oxygen atoms in total. The Hall–Kier alpha value is -0.540. The molecule has 0 atom stereocenters. The van der Waals surface area contributed by atoms with Crippen LogP contribution in [0.1, 0.15) is 19.4 Å². The first kappa shape index (κ1) is 18.8. The fourth-order valence-corrected chi connectivity index (χ4v) is 4.32. The van der Waals surface area contributed by atoms with Crippen LogP contribution in [0.5, 0.6) is 5.75 Å². The molecule has 0 bridgehead atoms. The lowest BCUT2D eigenvalue weighted by atomic mass is 10.2. The molecule has 23 heavy (non-hydrogen) atoms. The number of aromatic hydroxyl groups is 1. The second kappa shape index (κ2) is 8.53. The molecule has 0 aliphatic carbocycles. The van der Waals surface area contributed by atoms with Crippen LogP contribution in [0.25, 0.3) is 0 Å². The minimum Gasteiger partial charge on any atom is -0.506 e. The summed E-state index contributed by atoms with van der Waals surface area (Å²) in [6, 6.07) is 9.66. The number of phenolic OH excluding ortho intramolecular Hbond substituents is 1. The van der Waals surface area contributed by atoms with Crippen molar-refractivity contribution in [1.29, 1.82) is 0 Å². The summed E-state index contributed by atoms with van der Waals surface area (Å²) >= 11 is 10.7. The van der Waals surface area contributed by atoms with Crippen molar-refractivity contribution in [3.63, 3.8) is 0 Å². The average Bonchev–Trinajstić information content (AvgIpc) is 2.52. The topological polar surface area (TPSA) is 35.8 Å².